The Bertz CT molecular complexity index is 615. The van der Waals surface area contributed by atoms with Crippen LogP contribution >= 0.6 is 0 Å². The molecule has 1 aliphatic heterocycles. The van der Waals surface area contributed by atoms with Gasteiger partial charge < -0.3 is 5.32 Å². The molecular weight excluding hydrogens is 285 g/mol. The molecule has 0 aliphatic carbocycles. The van der Waals surface area contributed by atoms with Gasteiger partial charge in [-0.25, -0.2) is 4.39 Å². The van der Waals surface area contributed by atoms with E-state index in [0.717, 1.165) is 6.26 Å². The molecule has 7 heteroatoms. The summed E-state index contributed by atoms with van der Waals surface area (Å²) < 4.78 is 39.4. The number of nitrogens with one attached hydrogen (secondary N) is 1. The Hall–Kier alpha value is -1.47. The Kier molecular flexibility index (Phi) is 4.39. The molecule has 0 aromatic heterocycles. The van der Waals surface area contributed by atoms with Crippen LogP contribution in [0.1, 0.15) is 30.7 Å². The SMILES string of the molecule is CS(=O)(=O)OCCCCC1C(=O)Nc2ccc(F)cc21. The minimum Gasteiger partial charge on any atom is -0.325 e. The number of unbranched alkanes of at least 4 members (excludes halogenated alkanes) is 1. The average molecular weight is 301 g/mol. The van der Waals surface area contributed by atoms with Gasteiger partial charge in [0.1, 0.15) is 5.82 Å². The van der Waals surface area contributed by atoms with Gasteiger partial charge in [-0.3, -0.25) is 8.98 Å². The molecule has 1 aromatic carbocycles. The van der Waals surface area contributed by atoms with Crippen molar-refractivity contribution in [3.8, 4) is 0 Å². The predicted molar refractivity (Wildman–Crippen MR) is 72.4 cm³/mol. The topological polar surface area (TPSA) is 72.5 Å². The molecule has 0 radical (unpaired) electrons. The van der Waals surface area contributed by atoms with Gasteiger partial charge in [0.25, 0.3) is 10.1 Å². The molecule has 1 unspecified atom stereocenters. The van der Waals surface area contributed by atoms with Crippen LogP contribution in [-0.2, 0) is 19.1 Å². The van der Waals surface area contributed by atoms with Crippen molar-refractivity contribution in [3.63, 3.8) is 0 Å². The number of anilines is 1. The fourth-order valence-corrected chi connectivity index (χ4v) is 2.66. The zero-order valence-electron chi connectivity index (χ0n) is 11.1. The smallest absolute Gasteiger partial charge is 0.264 e. The van der Waals surface area contributed by atoms with Crippen LogP contribution in [0.25, 0.3) is 0 Å². The first-order valence-electron chi connectivity index (χ1n) is 6.31. The molecule has 1 aliphatic rings. The average Bonchev–Trinajstić information content (AvgIpc) is 2.64. The van der Waals surface area contributed by atoms with E-state index in [-0.39, 0.29) is 24.2 Å². The van der Waals surface area contributed by atoms with Crippen molar-refractivity contribution in [2.45, 2.75) is 25.2 Å². The van der Waals surface area contributed by atoms with Crippen LogP contribution in [0.4, 0.5) is 10.1 Å². The monoisotopic (exact) mass is 301 g/mol. The number of hydrogen-bond acceptors (Lipinski definition) is 4. The normalized spacial score (nSPS) is 17.9. The number of fused-ring (bicyclic) bond motifs is 1. The van der Waals surface area contributed by atoms with E-state index in [4.69, 9.17) is 0 Å². The molecule has 0 fully saturated rings. The zero-order valence-corrected chi connectivity index (χ0v) is 11.9. The predicted octanol–water partition coefficient (Wildman–Crippen LogP) is 2.01. The van der Waals surface area contributed by atoms with Crippen molar-refractivity contribution in [2.75, 3.05) is 18.2 Å². The number of carbonyl (C=O) groups is 1. The van der Waals surface area contributed by atoms with Gasteiger partial charge >= 0.3 is 0 Å². The molecule has 0 saturated carbocycles. The third-order valence-corrected chi connectivity index (χ3v) is 3.74. The van der Waals surface area contributed by atoms with E-state index in [2.05, 4.69) is 9.50 Å². The van der Waals surface area contributed by atoms with E-state index in [1.165, 1.54) is 12.1 Å². The van der Waals surface area contributed by atoms with Crippen LogP contribution in [-0.4, -0.2) is 27.2 Å². The van der Waals surface area contributed by atoms with Gasteiger partial charge in [0.2, 0.25) is 5.91 Å². The molecule has 0 bridgehead atoms. The van der Waals surface area contributed by atoms with Crippen molar-refractivity contribution in [3.05, 3.63) is 29.6 Å². The zero-order chi connectivity index (χ0) is 14.8. The first-order valence-corrected chi connectivity index (χ1v) is 8.13. The maximum atomic E-state index is 13.2. The molecule has 1 N–H and O–H groups in total. The lowest BCUT2D eigenvalue weighted by Gasteiger charge is -2.08. The maximum Gasteiger partial charge on any atom is 0.264 e. The van der Waals surface area contributed by atoms with Gasteiger partial charge in [0.15, 0.2) is 0 Å². The van der Waals surface area contributed by atoms with Crippen LogP contribution < -0.4 is 5.32 Å². The summed E-state index contributed by atoms with van der Waals surface area (Å²) in [5, 5.41) is 2.71. The van der Waals surface area contributed by atoms with Crippen LogP contribution in [0.2, 0.25) is 0 Å². The summed E-state index contributed by atoms with van der Waals surface area (Å²) >= 11 is 0. The van der Waals surface area contributed by atoms with E-state index in [1.54, 1.807) is 6.07 Å². The fourth-order valence-electron chi connectivity index (χ4n) is 2.24. The van der Waals surface area contributed by atoms with E-state index in [9.17, 15) is 17.6 Å². The number of benzene rings is 1. The highest BCUT2D eigenvalue weighted by molar-refractivity contribution is 7.85. The highest BCUT2D eigenvalue weighted by Crippen LogP contribution is 2.35. The van der Waals surface area contributed by atoms with E-state index in [0.29, 0.717) is 30.5 Å². The minimum absolute atomic E-state index is 0.100. The van der Waals surface area contributed by atoms with Crippen LogP contribution in [0.3, 0.4) is 0 Å². The second-order valence-electron chi connectivity index (χ2n) is 4.80. The Morgan fingerprint density at radius 1 is 1.35 bits per heavy atom. The molecule has 0 spiro atoms. The molecule has 0 saturated heterocycles. The summed E-state index contributed by atoms with van der Waals surface area (Å²) in [6.45, 7) is 0.100. The Morgan fingerprint density at radius 3 is 2.80 bits per heavy atom. The third kappa shape index (κ3) is 3.77. The number of hydrogen-bond donors (Lipinski definition) is 1. The summed E-state index contributed by atoms with van der Waals surface area (Å²) in [6.07, 6.45) is 2.69. The van der Waals surface area contributed by atoms with Crippen molar-refractivity contribution in [1.29, 1.82) is 0 Å². The maximum absolute atomic E-state index is 13.2. The lowest BCUT2D eigenvalue weighted by molar-refractivity contribution is -0.117. The number of rotatable bonds is 6. The van der Waals surface area contributed by atoms with Crippen molar-refractivity contribution in [1.82, 2.24) is 0 Å². The van der Waals surface area contributed by atoms with Gasteiger partial charge in [-0.05, 0) is 43.0 Å². The second-order valence-corrected chi connectivity index (χ2v) is 6.44. The number of amides is 1. The molecule has 1 amide bonds. The van der Waals surface area contributed by atoms with Gasteiger partial charge in [-0.2, -0.15) is 8.42 Å². The van der Waals surface area contributed by atoms with Gasteiger partial charge in [0, 0.05) is 5.69 Å². The van der Waals surface area contributed by atoms with Crippen molar-refractivity contribution >= 4 is 21.7 Å². The van der Waals surface area contributed by atoms with Crippen molar-refractivity contribution < 1.29 is 21.8 Å². The molecule has 5 nitrogen and oxygen atoms in total. The largest absolute Gasteiger partial charge is 0.325 e. The fraction of sp³-hybridized carbons (Fsp3) is 0.462. The molecule has 1 heterocycles. The van der Waals surface area contributed by atoms with Crippen LogP contribution in [0.15, 0.2) is 18.2 Å². The molecule has 1 atom stereocenters. The van der Waals surface area contributed by atoms with E-state index < -0.39 is 10.1 Å². The molecule has 1 aromatic rings. The molecule has 2 rings (SSSR count). The first-order chi connectivity index (χ1) is 9.37. The van der Waals surface area contributed by atoms with Crippen LogP contribution in [0.5, 0.6) is 0 Å². The summed E-state index contributed by atoms with van der Waals surface area (Å²) in [6, 6.07) is 4.22. The van der Waals surface area contributed by atoms with Gasteiger partial charge in [-0.15, -0.1) is 0 Å². The number of carbonyl (C=O) groups excluding carboxylic acids is 1. The standard InChI is InChI=1S/C13H16FNO4S/c1-20(17,18)19-7-3-2-4-10-11-8-9(14)5-6-12(11)15-13(10)16/h5-6,8,10H,2-4,7H2,1H3,(H,15,16). The highest BCUT2D eigenvalue weighted by Gasteiger charge is 2.30. The summed E-state index contributed by atoms with van der Waals surface area (Å²) in [4.78, 5) is 11.8. The van der Waals surface area contributed by atoms with E-state index in [1.807, 2.05) is 0 Å². The summed E-state index contributed by atoms with van der Waals surface area (Å²) in [7, 11) is -3.42. The lowest BCUT2D eigenvalue weighted by atomic mass is 9.95. The highest BCUT2D eigenvalue weighted by atomic mass is 32.2. The lowest BCUT2D eigenvalue weighted by Crippen LogP contribution is -2.12. The Morgan fingerprint density at radius 2 is 2.10 bits per heavy atom. The first kappa shape index (κ1) is 14.9. The number of halogens is 1. The molecular formula is C13H16FNO4S. The third-order valence-electron chi connectivity index (χ3n) is 3.15. The molecule has 20 heavy (non-hydrogen) atoms. The van der Waals surface area contributed by atoms with Crippen LogP contribution in [0, 0.1) is 5.82 Å². The van der Waals surface area contributed by atoms with Gasteiger partial charge in [0.05, 0.1) is 18.8 Å². The Balaban J connectivity index is 1.88. The van der Waals surface area contributed by atoms with Gasteiger partial charge in [-0.1, -0.05) is 0 Å². The Labute approximate surface area is 117 Å². The quantitative estimate of drug-likeness (QED) is 0.644. The summed E-state index contributed by atoms with van der Waals surface area (Å²) in [5.41, 5.74) is 1.31. The second kappa shape index (κ2) is 5.88. The van der Waals surface area contributed by atoms with Crippen molar-refractivity contribution in [2.24, 2.45) is 0 Å². The molecule has 110 valence electrons. The minimum atomic E-state index is -3.42. The summed E-state index contributed by atoms with van der Waals surface area (Å²) in [5.74, 6) is -0.890. The van der Waals surface area contributed by atoms with E-state index >= 15 is 0 Å².